The molecule has 122 valence electrons. The first-order valence-electron chi connectivity index (χ1n) is 7.78. The van der Waals surface area contributed by atoms with Crippen LogP contribution in [0, 0.1) is 12.7 Å². The molecule has 1 aliphatic rings. The summed E-state index contributed by atoms with van der Waals surface area (Å²) in [4.78, 5) is 4.20. The highest BCUT2D eigenvalue weighted by Crippen LogP contribution is 2.13. The van der Waals surface area contributed by atoms with E-state index in [1.165, 1.54) is 6.07 Å². The van der Waals surface area contributed by atoms with Crippen molar-refractivity contribution in [3.8, 4) is 0 Å². The summed E-state index contributed by atoms with van der Waals surface area (Å²) in [6, 6.07) is 5.09. The minimum Gasteiger partial charge on any atom is -0.352 e. The number of aryl methyl sites for hydroxylation is 2. The van der Waals surface area contributed by atoms with Gasteiger partial charge in [-0.1, -0.05) is 12.1 Å². The molecule has 0 bridgehead atoms. The highest BCUT2D eigenvalue weighted by molar-refractivity contribution is 5.79. The lowest BCUT2D eigenvalue weighted by Crippen LogP contribution is -2.37. The van der Waals surface area contributed by atoms with Gasteiger partial charge >= 0.3 is 0 Å². The molecule has 0 atom stereocenters. The Bertz CT molecular complexity index is 721. The molecular weight excluding hydrogens is 295 g/mol. The van der Waals surface area contributed by atoms with Gasteiger partial charge in [-0.2, -0.15) is 0 Å². The summed E-state index contributed by atoms with van der Waals surface area (Å²) in [6.45, 7) is 3.91. The number of guanidine groups is 1. The van der Waals surface area contributed by atoms with Gasteiger partial charge in [-0.3, -0.25) is 4.99 Å². The lowest BCUT2D eigenvalue weighted by atomic mass is 10.1. The van der Waals surface area contributed by atoms with Crippen LogP contribution in [0.2, 0.25) is 0 Å². The van der Waals surface area contributed by atoms with E-state index in [2.05, 4.69) is 30.4 Å². The van der Waals surface area contributed by atoms with E-state index < -0.39 is 0 Å². The first-order valence-corrected chi connectivity index (χ1v) is 7.78. The Morgan fingerprint density at radius 1 is 1.30 bits per heavy atom. The van der Waals surface area contributed by atoms with Gasteiger partial charge < -0.3 is 15.2 Å². The first-order chi connectivity index (χ1) is 11.2. The van der Waals surface area contributed by atoms with E-state index in [4.69, 9.17) is 0 Å². The van der Waals surface area contributed by atoms with E-state index in [0.29, 0.717) is 24.6 Å². The van der Waals surface area contributed by atoms with Gasteiger partial charge in [0.15, 0.2) is 11.8 Å². The second-order valence-corrected chi connectivity index (χ2v) is 5.65. The summed E-state index contributed by atoms with van der Waals surface area (Å²) >= 11 is 0. The molecule has 0 saturated heterocycles. The number of aromatic nitrogens is 3. The van der Waals surface area contributed by atoms with Crippen molar-refractivity contribution in [2.45, 2.75) is 39.4 Å². The number of nitrogens with one attached hydrogen (secondary N) is 2. The maximum atomic E-state index is 13.3. The molecule has 2 heterocycles. The summed E-state index contributed by atoms with van der Waals surface area (Å²) in [5.74, 6) is 2.49. The molecule has 0 fully saturated rings. The smallest absolute Gasteiger partial charge is 0.191 e. The third-order valence-corrected chi connectivity index (χ3v) is 4.01. The number of aliphatic imine (C=N–C) groups is 1. The number of halogens is 1. The Morgan fingerprint density at radius 3 is 2.91 bits per heavy atom. The Hall–Kier alpha value is -2.44. The van der Waals surface area contributed by atoms with E-state index in [1.54, 1.807) is 20.0 Å². The van der Waals surface area contributed by atoms with Crippen LogP contribution in [0.25, 0.3) is 0 Å². The van der Waals surface area contributed by atoms with Gasteiger partial charge in [0.25, 0.3) is 0 Å². The molecule has 23 heavy (non-hydrogen) atoms. The average Bonchev–Trinajstić information content (AvgIpc) is 3.15. The van der Waals surface area contributed by atoms with Crippen LogP contribution in [0.15, 0.2) is 23.2 Å². The molecule has 1 aromatic heterocycles. The molecule has 7 heteroatoms. The molecule has 0 amide bonds. The summed E-state index contributed by atoms with van der Waals surface area (Å²) < 4.78 is 15.4. The first kappa shape index (κ1) is 15.5. The molecule has 2 N–H and O–H groups in total. The molecule has 2 aromatic rings. The predicted octanol–water partition coefficient (Wildman–Crippen LogP) is 1.54. The molecule has 0 saturated carbocycles. The quantitative estimate of drug-likeness (QED) is 0.663. The third-order valence-electron chi connectivity index (χ3n) is 4.01. The normalized spacial score (nSPS) is 14.0. The van der Waals surface area contributed by atoms with Crippen molar-refractivity contribution in [3.05, 3.63) is 46.8 Å². The molecule has 6 nitrogen and oxygen atoms in total. The monoisotopic (exact) mass is 316 g/mol. The number of nitrogens with zero attached hydrogens (tertiary/aromatic N) is 4. The molecule has 0 spiro atoms. The van der Waals surface area contributed by atoms with Crippen LogP contribution >= 0.6 is 0 Å². The van der Waals surface area contributed by atoms with Crippen molar-refractivity contribution in [3.63, 3.8) is 0 Å². The highest BCUT2D eigenvalue weighted by atomic mass is 19.1. The van der Waals surface area contributed by atoms with Crippen molar-refractivity contribution >= 4 is 5.96 Å². The van der Waals surface area contributed by atoms with Crippen molar-refractivity contribution in [2.75, 3.05) is 7.05 Å². The van der Waals surface area contributed by atoms with E-state index in [0.717, 1.165) is 36.6 Å². The van der Waals surface area contributed by atoms with Gasteiger partial charge in [0.1, 0.15) is 11.6 Å². The number of hydrogen-bond acceptors (Lipinski definition) is 3. The fraction of sp³-hybridized carbons (Fsp3) is 0.438. The zero-order valence-corrected chi connectivity index (χ0v) is 13.4. The SMILES string of the molecule is CN=C(NCc1ccc(F)c(C)c1)NCc1nnc2n1CCC2. The second-order valence-electron chi connectivity index (χ2n) is 5.65. The standard InChI is InChI=1S/C16H21FN6/c1-11-8-12(5-6-13(11)17)9-19-16(18-2)20-10-15-22-21-14-4-3-7-23(14)15/h5-6,8H,3-4,7,9-10H2,1-2H3,(H2,18,19,20). The summed E-state index contributed by atoms with van der Waals surface area (Å²) in [7, 11) is 1.72. The Balaban J connectivity index is 1.55. The largest absolute Gasteiger partial charge is 0.352 e. The number of hydrogen-bond donors (Lipinski definition) is 2. The van der Waals surface area contributed by atoms with Crippen LogP contribution in [0.3, 0.4) is 0 Å². The van der Waals surface area contributed by atoms with Gasteiger partial charge in [0.2, 0.25) is 0 Å². The number of fused-ring (bicyclic) bond motifs is 1. The van der Waals surface area contributed by atoms with E-state index in [-0.39, 0.29) is 5.82 Å². The van der Waals surface area contributed by atoms with Gasteiger partial charge in [0.05, 0.1) is 6.54 Å². The maximum Gasteiger partial charge on any atom is 0.191 e. The van der Waals surface area contributed by atoms with Gasteiger partial charge in [-0.15, -0.1) is 10.2 Å². The molecule has 0 aliphatic carbocycles. The number of benzene rings is 1. The van der Waals surface area contributed by atoms with Crippen molar-refractivity contribution in [1.29, 1.82) is 0 Å². The highest BCUT2D eigenvalue weighted by Gasteiger charge is 2.17. The van der Waals surface area contributed by atoms with E-state index in [9.17, 15) is 4.39 Å². The van der Waals surface area contributed by atoms with Crippen molar-refractivity contribution < 1.29 is 4.39 Å². The lowest BCUT2D eigenvalue weighted by molar-refractivity contribution is 0.617. The molecule has 0 unspecified atom stereocenters. The van der Waals surface area contributed by atoms with Crippen LogP contribution in [0.1, 0.15) is 29.2 Å². The Morgan fingerprint density at radius 2 is 2.13 bits per heavy atom. The van der Waals surface area contributed by atoms with Crippen molar-refractivity contribution in [1.82, 2.24) is 25.4 Å². The molecule has 3 rings (SSSR count). The average molecular weight is 316 g/mol. The fourth-order valence-corrected chi connectivity index (χ4v) is 2.73. The summed E-state index contributed by atoms with van der Waals surface area (Å²) in [5.41, 5.74) is 1.65. The topological polar surface area (TPSA) is 67.1 Å². The van der Waals surface area contributed by atoms with Gasteiger partial charge in [-0.05, 0) is 30.5 Å². The maximum absolute atomic E-state index is 13.3. The molecular formula is C16H21FN6. The van der Waals surface area contributed by atoms with E-state index >= 15 is 0 Å². The zero-order valence-electron chi connectivity index (χ0n) is 13.4. The van der Waals surface area contributed by atoms with Gasteiger partial charge in [-0.25, -0.2) is 4.39 Å². The summed E-state index contributed by atoms with van der Waals surface area (Å²) in [5, 5.41) is 14.9. The van der Waals surface area contributed by atoms with Gasteiger partial charge in [0, 0.05) is 26.6 Å². The number of rotatable bonds is 4. The van der Waals surface area contributed by atoms with Crippen molar-refractivity contribution in [2.24, 2.45) is 4.99 Å². The summed E-state index contributed by atoms with van der Waals surface area (Å²) in [6.07, 6.45) is 2.14. The molecule has 1 aromatic carbocycles. The lowest BCUT2D eigenvalue weighted by Gasteiger charge is -2.12. The van der Waals surface area contributed by atoms with Crippen LogP contribution in [0.4, 0.5) is 4.39 Å². The minimum absolute atomic E-state index is 0.183. The molecule has 1 aliphatic heterocycles. The third kappa shape index (κ3) is 3.49. The second kappa shape index (κ2) is 6.76. The Labute approximate surface area is 134 Å². The minimum atomic E-state index is -0.183. The molecule has 0 radical (unpaired) electrons. The zero-order chi connectivity index (χ0) is 16.2. The van der Waals surface area contributed by atoms with Crippen LogP contribution in [-0.4, -0.2) is 27.8 Å². The van der Waals surface area contributed by atoms with Crippen LogP contribution in [0.5, 0.6) is 0 Å². The van der Waals surface area contributed by atoms with Crippen LogP contribution < -0.4 is 10.6 Å². The van der Waals surface area contributed by atoms with E-state index in [1.807, 2.05) is 6.07 Å². The Kier molecular flexibility index (Phi) is 4.55. The van der Waals surface area contributed by atoms with Crippen LogP contribution in [-0.2, 0) is 26.1 Å². The fourth-order valence-electron chi connectivity index (χ4n) is 2.73. The predicted molar refractivity (Wildman–Crippen MR) is 86.5 cm³/mol.